The summed E-state index contributed by atoms with van der Waals surface area (Å²) in [5.41, 5.74) is -0.170. The summed E-state index contributed by atoms with van der Waals surface area (Å²) in [5.74, 6) is 1.68. The molecule has 0 saturated heterocycles. The van der Waals surface area contributed by atoms with E-state index in [2.05, 4.69) is 12.2 Å². The van der Waals surface area contributed by atoms with Crippen LogP contribution >= 0.6 is 0 Å². The van der Waals surface area contributed by atoms with Crippen molar-refractivity contribution in [2.24, 2.45) is 0 Å². The minimum atomic E-state index is -0.170. The van der Waals surface area contributed by atoms with Crippen molar-refractivity contribution in [3.63, 3.8) is 0 Å². The molecular formula is C16H25NO3. The van der Waals surface area contributed by atoms with E-state index in [9.17, 15) is 5.11 Å². The van der Waals surface area contributed by atoms with Gasteiger partial charge in [0, 0.05) is 18.0 Å². The molecule has 2 N–H and O–H groups in total. The lowest BCUT2D eigenvalue weighted by Crippen LogP contribution is -2.46. The summed E-state index contributed by atoms with van der Waals surface area (Å²) in [4.78, 5) is 0. The minimum Gasteiger partial charge on any atom is -0.494 e. The fraction of sp³-hybridized carbons (Fsp3) is 0.625. The molecule has 0 spiro atoms. The van der Waals surface area contributed by atoms with E-state index < -0.39 is 0 Å². The molecule has 1 aromatic rings. The SMILES string of the molecule is CCNC1(CO)CCC(Oc2cccc(OCC)c2)C1. The topological polar surface area (TPSA) is 50.7 Å². The third-order valence-corrected chi connectivity index (χ3v) is 3.84. The highest BCUT2D eigenvalue weighted by Crippen LogP contribution is 2.33. The fourth-order valence-corrected chi connectivity index (χ4v) is 2.91. The predicted molar refractivity (Wildman–Crippen MR) is 79.4 cm³/mol. The zero-order valence-corrected chi connectivity index (χ0v) is 12.4. The molecule has 0 aliphatic heterocycles. The molecule has 1 aliphatic rings. The summed E-state index contributed by atoms with van der Waals surface area (Å²) in [7, 11) is 0. The van der Waals surface area contributed by atoms with E-state index in [1.807, 2.05) is 31.2 Å². The predicted octanol–water partition coefficient (Wildman–Crippen LogP) is 2.36. The van der Waals surface area contributed by atoms with Crippen molar-refractivity contribution in [2.75, 3.05) is 19.8 Å². The maximum absolute atomic E-state index is 9.61. The summed E-state index contributed by atoms with van der Waals surface area (Å²) in [6.45, 7) is 5.72. The van der Waals surface area contributed by atoms with Gasteiger partial charge in [-0.2, -0.15) is 0 Å². The number of ether oxygens (including phenoxy) is 2. The van der Waals surface area contributed by atoms with E-state index >= 15 is 0 Å². The van der Waals surface area contributed by atoms with Crippen LogP contribution in [0.1, 0.15) is 33.1 Å². The van der Waals surface area contributed by atoms with Crippen LogP contribution in [0.25, 0.3) is 0 Å². The molecule has 2 atom stereocenters. The van der Waals surface area contributed by atoms with E-state index in [0.717, 1.165) is 37.3 Å². The second-order valence-electron chi connectivity index (χ2n) is 5.36. The zero-order valence-electron chi connectivity index (χ0n) is 12.4. The largest absolute Gasteiger partial charge is 0.494 e. The van der Waals surface area contributed by atoms with Gasteiger partial charge in [-0.1, -0.05) is 13.0 Å². The van der Waals surface area contributed by atoms with E-state index in [1.165, 1.54) is 0 Å². The van der Waals surface area contributed by atoms with Crippen molar-refractivity contribution in [1.29, 1.82) is 0 Å². The van der Waals surface area contributed by atoms with Crippen molar-refractivity contribution in [3.8, 4) is 11.5 Å². The van der Waals surface area contributed by atoms with Crippen LogP contribution < -0.4 is 14.8 Å². The highest BCUT2D eigenvalue weighted by atomic mass is 16.5. The molecule has 1 fully saturated rings. The molecule has 1 aromatic carbocycles. The molecule has 0 aromatic heterocycles. The highest BCUT2D eigenvalue weighted by Gasteiger charge is 2.39. The molecule has 4 nitrogen and oxygen atoms in total. The molecule has 20 heavy (non-hydrogen) atoms. The number of hydrogen-bond acceptors (Lipinski definition) is 4. The van der Waals surface area contributed by atoms with E-state index in [-0.39, 0.29) is 18.2 Å². The van der Waals surface area contributed by atoms with Crippen molar-refractivity contribution < 1.29 is 14.6 Å². The first kappa shape index (κ1) is 15.1. The van der Waals surface area contributed by atoms with Gasteiger partial charge in [0.1, 0.15) is 17.6 Å². The molecule has 0 heterocycles. The van der Waals surface area contributed by atoms with Crippen LogP contribution in [0.5, 0.6) is 11.5 Å². The monoisotopic (exact) mass is 279 g/mol. The van der Waals surface area contributed by atoms with Gasteiger partial charge in [0.2, 0.25) is 0 Å². The highest BCUT2D eigenvalue weighted by molar-refractivity contribution is 5.33. The average molecular weight is 279 g/mol. The van der Waals surface area contributed by atoms with Crippen molar-refractivity contribution in [2.45, 2.75) is 44.8 Å². The molecule has 0 amide bonds. The quantitative estimate of drug-likeness (QED) is 0.804. The van der Waals surface area contributed by atoms with Crippen molar-refractivity contribution in [3.05, 3.63) is 24.3 Å². The molecule has 0 radical (unpaired) electrons. The first-order chi connectivity index (χ1) is 9.71. The number of benzene rings is 1. The molecule has 2 unspecified atom stereocenters. The Morgan fingerprint density at radius 1 is 1.35 bits per heavy atom. The lowest BCUT2D eigenvalue weighted by molar-refractivity contribution is 0.142. The van der Waals surface area contributed by atoms with E-state index in [0.29, 0.717) is 6.61 Å². The van der Waals surface area contributed by atoms with Gasteiger partial charge in [-0.15, -0.1) is 0 Å². The smallest absolute Gasteiger partial charge is 0.123 e. The van der Waals surface area contributed by atoms with Crippen LogP contribution in [-0.2, 0) is 0 Å². The molecule has 112 valence electrons. The van der Waals surface area contributed by atoms with E-state index in [1.54, 1.807) is 0 Å². The standard InChI is InChI=1S/C16H25NO3/c1-3-17-16(12-18)9-8-15(11-16)20-14-7-5-6-13(10-14)19-4-2/h5-7,10,15,17-18H,3-4,8-9,11-12H2,1-2H3. The number of hydrogen-bond donors (Lipinski definition) is 2. The maximum Gasteiger partial charge on any atom is 0.123 e. The lowest BCUT2D eigenvalue weighted by atomic mass is 9.99. The Bertz CT molecular complexity index is 424. The van der Waals surface area contributed by atoms with Crippen LogP contribution in [0.3, 0.4) is 0 Å². The first-order valence-corrected chi connectivity index (χ1v) is 7.47. The molecule has 1 aliphatic carbocycles. The number of nitrogens with one attached hydrogen (secondary N) is 1. The number of aliphatic hydroxyl groups is 1. The number of likely N-dealkylation sites (N-methyl/N-ethyl adjacent to an activating group) is 1. The van der Waals surface area contributed by atoms with Crippen molar-refractivity contribution in [1.82, 2.24) is 5.32 Å². The Labute approximate surface area is 121 Å². The molecule has 2 rings (SSSR count). The number of rotatable bonds is 7. The Morgan fingerprint density at radius 2 is 2.15 bits per heavy atom. The van der Waals surface area contributed by atoms with Gasteiger partial charge in [-0.25, -0.2) is 0 Å². The van der Waals surface area contributed by atoms with E-state index in [4.69, 9.17) is 9.47 Å². The summed E-state index contributed by atoms with van der Waals surface area (Å²) in [5, 5.41) is 13.0. The summed E-state index contributed by atoms with van der Waals surface area (Å²) < 4.78 is 11.5. The van der Waals surface area contributed by atoms with Crippen molar-refractivity contribution >= 4 is 0 Å². The Hall–Kier alpha value is -1.26. The van der Waals surface area contributed by atoms with Crippen LogP contribution in [0.2, 0.25) is 0 Å². The van der Waals surface area contributed by atoms with Gasteiger partial charge in [0.25, 0.3) is 0 Å². The van der Waals surface area contributed by atoms with Gasteiger partial charge < -0.3 is 19.9 Å². The van der Waals surface area contributed by atoms with Gasteiger partial charge >= 0.3 is 0 Å². The normalized spacial score (nSPS) is 25.6. The third-order valence-electron chi connectivity index (χ3n) is 3.84. The van der Waals surface area contributed by atoms with Gasteiger partial charge in [0.15, 0.2) is 0 Å². The maximum atomic E-state index is 9.61. The second-order valence-corrected chi connectivity index (χ2v) is 5.36. The van der Waals surface area contributed by atoms with Crippen LogP contribution in [0.15, 0.2) is 24.3 Å². The zero-order chi connectivity index (χ0) is 14.4. The summed E-state index contributed by atoms with van der Waals surface area (Å²) in [6, 6.07) is 7.75. The number of aliphatic hydroxyl groups excluding tert-OH is 1. The molecule has 0 bridgehead atoms. The Balaban J connectivity index is 1.96. The molecule has 1 saturated carbocycles. The third kappa shape index (κ3) is 3.64. The fourth-order valence-electron chi connectivity index (χ4n) is 2.91. The van der Waals surface area contributed by atoms with Gasteiger partial charge in [-0.3, -0.25) is 0 Å². The molecular weight excluding hydrogens is 254 g/mol. The Kier molecular flexibility index (Phi) is 5.26. The molecule has 4 heteroatoms. The van der Waals surface area contributed by atoms with Crippen LogP contribution in [-0.4, -0.2) is 36.5 Å². The summed E-state index contributed by atoms with van der Waals surface area (Å²) >= 11 is 0. The summed E-state index contributed by atoms with van der Waals surface area (Å²) in [6.07, 6.45) is 2.91. The van der Waals surface area contributed by atoms with Crippen LogP contribution in [0.4, 0.5) is 0 Å². The lowest BCUT2D eigenvalue weighted by Gasteiger charge is -2.27. The Morgan fingerprint density at radius 3 is 2.85 bits per heavy atom. The van der Waals surface area contributed by atoms with Gasteiger partial charge in [-0.05, 0) is 38.4 Å². The first-order valence-electron chi connectivity index (χ1n) is 7.47. The second kappa shape index (κ2) is 6.95. The minimum absolute atomic E-state index is 0.151. The van der Waals surface area contributed by atoms with Gasteiger partial charge in [0.05, 0.1) is 13.2 Å². The van der Waals surface area contributed by atoms with Crippen LogP contribution in [0, 0.1) is 0 Å². The average Bonchev–Trinajstić information content (AvgIpc) is 2.84.